The molecular formula is C13H13N3O. The highest BCUT2D eigenvalue weighted by Crippen LogP contribution is 2.06. The largest absolute Gasteiger partial charge is 0.399 e. The Labute approximate surface area is 99.5 Å². The molecule has 1 aromatic heterocycles. The van der Waals surface area contributed by atoms with Crippen molar-refractivity contribution in [2.75, 3.05) is 5.73 Å². The maximum absolute atomic E-state index is 11.8. The number of nitrogen functional groups attached to an aromatic ring is 1. The quantitative estimate of drug-likeness (QED) is 0.782. The summed E-state index contributed by atoms with van der Waals surface area (Å²) >= 11 is 0. The van der Waals surface area contributed by atoms with Crippen LogP contribution in [0.2, 0.25) is 0 Å². The molecule has 17 heavy (non-hydrogen) atoms. The number of amides is 1. The lowest BCUT2D eigenvalue weighted by Gasteiger charge is -2.05. The summed E-state index contributed by atoms with van der Waals surface area (Å²) in [6.45, 7) is 0.411. The Morgan fingerprint density at radius 1 is 1.24 bits per heavy atom. The number of rotatable bonds is 3. The SMILES string of the molecule is Nc1cccc(C(=O)NCc2ccccn2)c1. The van der Waals surface area contributed by atoms with Gasteiger partial charge in [0.25, 0.3) is 5.91 Å². The van der Waals surface area contributed by atoms with E-state index in [4.69, 9.17) is 5.73 Å². The second-order valence-corrected chi connectivity index (χ2v) is 3.63. The minimum Gasteiger partial charge on any atom is -0.399 e. The van der Waals surface area contributed by atoms with Crippen molar-refractivity contribution < 1.29 is 4.79 Å². The minimum atomic E-state index is -0.150. The lowest BCUT2D eigenvalue weighted by atomic mass is 10.2. The van der Waals surface area contributed by atoms with E-state index in [2.05, 4.69) is 10.3 Å². The molecule has 86 valence electrons. The van der Waals surface area contributed by atoms with Gasteiger partial charge in [0.15, 0.2) is 0 Å². The van der Waals surface area contributed by atoms with E-state index in [1.165, 1.54) is 0 Å². The van der Waals surface area contributed by atoms with E-state index in [0.717, 1.165) is 5.69 Å². The normalized spacial score (nSPS) is 9.88. The van der Waals surface area contributed by atoms with E-state index >= 15 is 0 Å². The number of nitrogens with one attached hydrogen (secondary N) is 1. The molecule has 0 bridgehead atoms. The molecule has 0 spiro atoms. The number of nitrogens with two attached hydrogens (primary N) is 1. The number of carbonyl (C=O) groups excluding carboxylic acids is 1. The predicted molar refractivity (Wildman–Crippen MR) is 66.3 cm³/mol. The van der Waals surface area contributed by atoms with E-state index < -0.39 is 0 Å². The number of carbonyl (C=O) groups is 1. The maximum Gasteiger partial charge on any atom is 0.251 e. The highest BCUT2D eigenvalue weighted by atomic mass is 16.1. The Bertz CT molecular complexity index is 511. The molecule has 0 saturated heterocycles. The zero-order chi connectivity index (χ0) is 12.1. The van der Waals surface area contributed by atoms with Gasteiger partial charge >= 0.3 is 0 Å². The molecule has 4 heteroatoms. The van der Waals surface area contributed by atoms with Gasteiger partial charge in [-0.3, -0.25) is 9.78 Å². The van der Waals surface area contributed by atoms with Crippen molar-refractivity contribution in [3.63, 3.8) is 0 Å². The van der Waals surface area contributed by atoms with Crippen LogP contribution in [0.1, 0.15) is 16.1 Å². The van der Waals surface area contributed by atoms with Gasteiger partial charge < -0.3 is 11.1 Å². The van der Waals surface area contributed by atoms with Crippen LogP contribution in [0.5, 0.6) is 0 Å². The van der Waals surface area contributed by atoms with Gasteiger partial charge in [-0.25, -0.2) is 0 Å². The number of aromatic nitrogens is 1. The first kappa shape index (κ1) is 11.1. The molecule has 0 aliphatic carbocycles. The molecule has 1 amide bonds. The van der Waals surface area contributed by atoms with Gasteiger partial charge in [-0.15, -0.1) is 0 Å². The summed E-state index contributed by atoms with van der Waals surface area (Å²) < 4.78 is 0. The van der Waals surface area contributed by atoms with Crippen LogP contribution in [0.4, 0.5) is 5.69 Å². The van der Waals surface area contributed by atoms with Crippen molar-refractivity contribution >= 4 is 11.6 Å². The van der Waals surface area contributed by atoms with E-state index in [9.17, 15) is 4.79 Å². The van der Waals surface area contributed by atoms with Gasteiger partial charge in [-0.05, 0) is 30.3 Å². The third-order valence-electron chi connectivity index (χ3n) is 2.31. The number of hydrogen-bond donors (Lipinski definition) is 2. The second kappa shape index (κ2) is 5.12. The van der Waals surface area contributed by atoms with Gasteiger partial charge in [0.1, 0.15) is 0 Å². The van der Waals surface area contributed by atoms with Crippen molar-refractivity contribution in [2.45, 2.75) is 6.54 Å². The van der Waals surface area contributed by atoms with Crippen LogP contribution in [-0.4, -0.2) is 10.9 Å². The summed E-state index contributed by atoms with van der Waals surface area (Å²) in [5, 5.41) is 2.79. The molecule has 0 fully saturated rings. The van der Waals surface area contributed by atoms with Gasteiger partial charge in [-0.1, -0.05) is 12.1 Å². The summed E-state index contributed by atoms with van der Waals surface area (Å²) in [5.74, 6) is -0.150. The van der Waals surface area contributed by atoms with Crippen LogP contribution < -0.4 is 11.1 Å². The Kier molecular flexibility index (Phi) is 3.35. The molecule has 3 N–H and O–H groups in total. The number of nitrogens with zero attached hydrogens (tertiary/aromatic N) is 1. The molecule has 0 unspecified atom stereocenters. The van der Waals surface area contributed by atoms with E-state index in [1.54, 1.807) is 30.5 Å². The highest BCUT2D eigenvalue weighted by Gasteiger charge is 2.05. The van der Waals surface area contributed by atoms with Crippen LogP contribution >= 0.6 is 0 Å². The van der Waals surface area contributed by atoms with Crippen molar-refractivity contribution in [1.82, 2.24) is 10.3 Å². The molecule has 2 rings (SSSR count). The fraction of sp³-hybridized carbons (Fsp3) is 0.0769. The Balaban J connectivity index is 1.98. The highest BCUT2D eigenvalue weighted by molar-refractivity contribution is 5.94. The number of pyridine rings is 1. The molecule has 0 saturated carbocycles. The summed E-state index contributed by atoms with van der Waals surface area (Å²) in [6, 6.07) is 12.5. The lowest BCUT2D eigenvalue weighted by molar-refractivity contribution is 0.0950. The fourth-order valence-electron chi connectivity index (χ4n) is 1.46. The number of anilines is 1. The molecule has 0 radical (unpaired) electrons. The molecular weight excluding hydrogens is 214 g/mol. The van der Waals surface area contributed by atoms with Crippen LogP contribution in [0, 0.1) is 0 Å². The van der Waals surface area contributed by atoms with Crippen molar-refractivity contribution in [2.24, 2.45) is 0 Å². The minimum absolute atomic E-state index is 0.150. The van der Waals surface area contributed by atoms with Gasteiger partial charge in [0.2, 0.25) is 0 Å². The van der Waals surface area contributed by atoms with Crippen LogP contribution in [0.25, 0.3) is 0 Å². The monoisotopic (exact) mass is 227 g/mol. The average molecular weight is 227 g/mol. The van der Waals surface area contributed by atoms with Crippen molar-refractivity contribution in [3.05, 3.63) is 59.9 Å². The third kappa shape index (κ3) is 3.04. The van der Waals surface area contributed by atoms with E-state index in [1.807, 2.05) is 18.2 Å². The summed E-state index contributed by atoms with van der Waals surface area (Å²) in [4.78, 5) is 15.9. The van der Waals surface area contributed by atoms with Crippen LogP contribution in [-0.2, 0) is 6.54 Å². The molecule has 1 heterocycles. The topological polar surface area (TPSA) is 68.0 Å². The maximum atomic E-state index is 11.8. The zero-order valence-electron chi connectivity index (χ0n) is 9.26. The van der Waals surface area contributed by atoms with E-state index in [0.29, 0.717) is 17.8 Å². The zero-order valence-corrected chi connectivity index (χ0v) is 9.26. The molecule has 2 aromatic rings. The first-order valence-corrected chi connectivity index (χ1v) is 5.29. The fourth-order valence-corrected chi connectivity index (χ4v) is 1.46. The average Bonchev–Trinajstić information content (AvgIpc) is 2.37. The molecule has 0 aliphatic heterocycles. The molecule has 4 nitrogen and oxygen atoms in total. The number of benzene rings is 1. The summed E-state index contributed by atoms with van der Waals surface area (Å²) in [7, 11) is 0. The number of hydrogen-bond acceptors (Lipinski definition) is 3. The molecule has 1 aromatic carbocycles. The van der Waals surface area contributed by atoms with Crippen molar-refractivity contribution in [1.29, 1.82) is 0 Å². The van der Waals surface area contributed by atoms with Crippen molar-refractivity contribution in [3.8, 4) is 0 Å². The third-order valence-corrected chi connectivity index (χ3v) is 2.31. The smallest absolute Gasteiger partial charge is 0.251 e. The van der Waals surface area contributed by atoms with Gasteiger partial charge in [-0.2, -0.15) is 0 Å². The summed E-state index contributed by atoms with van der Waals surface area (Å²) in [5.41, 5.74) is 7.57. The van der Waals surface area contributed by atoms with Crippen LogP contribution in [0.3, 0.4) is 0 Å². The summed E-state index contributed by atoms with van der Waals surface area (Å²) in [6.07, 6.45) is 1.70. The van der Waals surface area contributed by atoms with E-state index in [-0.39, 0.29) is 5.91 Å². The molecule has 0 atom stereocenters. The van der Waals surface area contributed by atoms with Crippen LogP contribution in [0.15, 0.2) is 48.7 Å². The Morgan fingerprint density at radius 2 is 2.12 bits per heavy atom. The first-order chi connectivity index (χ1) is 8.25. The predicted octanol–water partition coefficient (Wildman–Crippen LogP) is 1.59. The molecule has 0 aliphatic rings. The Morgan fingerprint density at radius 3 is 2.82 bits per heavy atom. The lowest BCUT2D eigenvalue weighted by Crippen LogP contribution is -2.23. The second-order valence-electron chi connectivity index (χ2n) is 3.63. The Hall–Kier alpha value is -2.36. The van der Waals surface area contributed by atoms with Gasteiger partial charge in [0.05, 0.1) is 12.2 Å². The standard InChI is InChI=1S/C13H13N3O/c14-11-5-3-4-10(8-11)13(17)16-9-12-6-1-2-7-15-12/h1-8H,9,14H2,(H,16,17). The van der Waals surface area contributed by atoms with Gasteiger partial charge in [0, 0.05) is 17.4 Å². The first-order valence-electron chi connectivity index (χ1n) is 5.29.